The summed E-state index contributed by atoms with van der Waals surface area (Å²) < 4.78 is 5.31. The maximum atomic E-state index is 12.6. The summed E-state index contributed by atoms with van der Waals surface area (Å²) in [5.41, 5.74) is 9.73. The standard InChI is InChI=1S/C29H32N8O2/c1-39-23-6-4-5-19(17-23)15-16-31-27-35-28(37-29(36-27)33-22-13-14-22)32-18-20-9-11-21(12-10-20)26(38)34-25-8-3-2-7-24(25)30/h2-12,17,22H,13-16,18,30H2,1H3,(H,34,38)(H3,31,32,33,35,36,37). The van der Waals surface area contributed by atoms with Gasteiger partial charge >= 0.3 is 0 Å². The molecule has 1 saturated carbocycles. The Morgan fingerprint density at radius 1 is 0.897 bits per heavy atom. The van der Waals surface area contributed by atoms with Crippen molar-refractivity contribution >= 4 is 35.1 Å². The van der Waals surface area contributed by atoms with E-state index >= 15 is 0 Å². The molecule has 0 aliphatic heterocycles. The predicted molar refractivity (Wildman–Crippen MR) is 154 cm³/mol. The SMILES string of the molecule is COc1cccc(CCNc2nc(NCc3ccc(C(=O)Nc4ccccc4N)cc3)nc(NC3CC3)n2)c1. The fourth-order valence-corrected chi connectivity index (χ4v) is 3.92. The molecule has 10 nitrogen and oxygen atoms in total. The topological polar surface area (TPSA) is 139 Å². The van der Waals surface area contributed by atoms with E-state index in [0.29, 0.717) is 53.9 Å². The van der Waals surface area contributed by atoms with Gasteiger partial charge < -0.3 is 31.7 Å². The van der Waals surface area contributed by atoms with Gasteiger partial charge in [-0.3, -0.25) is 4.79 Å². The summed E-state index contributed by atoms with van der Waals surface area (Å²) in [5, 5.41) is 12.8. The number of nitrogens with one attached hydrogen (secondary N) is 4. The molecule has 200 valence electrons. The fourth-order valence-electron chi connectivity index (χ4n) is 3.92. The van der Waals surface area contributed by atoms with Gasteiger partial charge in [-0.1, -0.05) is 36.4 Å². The number of hydrogen-bond donors (Lipinski definition) is 5. The van der Waals surface area contributed by atoms with Gasteiger partial charge in [0.05, 0.1) is 18.5 Å². The lowest BCUT2D eigenvalue weighted by Gasteiger charge is -2.12. The first-order valence-corrected chi connectivity index (χ1v) is 12.9. The monoisotopic (exact) mass is 524 g/mol. The Balaban J connectivity index is 1.19. The van der Waals surface area contributed by atoms with Gasteiger partial charge in [0.1, 0.15) is 5.75 Å². The lowest BCUT2D eigenvalue weighted by Crippen LogP contribution is -2.15. The number of hydrogen-bond acceptors (Lipinski definition) is 9. The fraction of sp³-hybridized carbons (Fsp3) is 0.241. The Bertz CT molecular complexity index is 1420. The highest BCUT2D eigenvalue weighted by Crippen LogP contribution is 2.24. The molecule has 1 fully saturated rings. The summed E-state index contributed by atoms with van der Waals surface area (Å²) in [6.45, 7) is 1.15. The summed E-state index contributed by atoms with van der Waals surface area (Å²) in [4.78, 5) is 26.2. The number of amides is 1. The van der Waals surface area contributed by atoms with E-state index in [4.69, 9.17) is 10.5 Å². The van der Waals surface area contributed by atoms with Crippen molar-refractivity contribution in [1.82, 2.24) is 15.0 Å². The van der Waals surface area contributed by atoms with E-state index in [9.17, 15) is 4.79 Å². The van der Waals surface area contributed by atoms with E-state index in [1.165, 1.54) is 0 Å². The minimum absolute atomic E-state index is 0.217. The van der Waals surface area contributed by atoms with Gasteiger partial charge in [-0.2, -0.15) is 15.0 Å². The van der Waals surface area contributed by atoms with Crippen molar-refractivity contribution in [2.24, 2.45) is 0 Å². The van der Waals surface area contributed by atoms with E-state index in [-0.39, 0.29) is 5.91 Å². The first kappa shape index (κ1) is 25.8. The molecule has 0 bridgehead atoms. The van der Waals surface area contributed by atoms with Crippen molar-refractivity contribution in [1.29, 1.82) is 0 Å². The summed E-state index contributed by atoms with van der Waals surface area (Å²) >= 11 is 0. The number of benzene rings is 3. The molecular formula is C29H32N8O2. The van der Waals surface area contributed by atoms with Crippen LogP contribution in [0, 0.1) is 0 Å². The second kappa shape index (κ2) is 12.1. The predicted octanol–water partition coefficient (Wildman–Crippen LogP) is 4.56. The van der Waals surface area contributed by atoms with E-state index in [1.54, 1.807) is 31.4 Å². The molecule has 5 rings (SSSR count). The van der Waals surface area contributed by atoms with Gasteiger partial charge in [-0.15, -0.1) is 0 Å². The first-order chi connectivity index (χ1) is 19.1. The number of nitrogens with two attached hydrogens (primary N) is 1. The number of ether oxygens (including phenoxy) is 1. The van der Waals surface area contributed by atoms with Crippen LogP contribution >= 0.6 is 0 Å². The Hall–Kier alpha value is -4.86. The largest absolute Gasteiger partial charge is 0.497 e. The van der Waals surface area contributed by atoms with Gasteiger partial charge in [-0.25, -0.2) is 0 Å². The Kier molecular flexibility index (Phi) is 8.01. The lowest BCUT2D eigenvalue weighted by molar-refractivity contribution is 0.102. The second-order valence-electron chi connectivity index (χ2n) is 9.34. The number of carbonyl (C=O) groups excluding carboxylic acids is 1. The van der Waals surface area contributed by atoms with Crippen LogP contribution in [-0.2, 0) is 13.0 Å². The second-order valence-corrected chi connectivity index (χ2v) is 9.34. The number of aromatic nitrogens is 3. The molecule has 1 aliphatic rings. The maximum absolute atomic E-state index is 12.6. The van der Waals surface area contributed by atoms with Gasteiger partial charge in [0.25, 0.3) is 5.91 Å². The Labute approximate surface area is 227 Å². The average molecular weight is 525 g/mol. The number of carbonyl (C=O) groups is 1. The van der Waals surface area contributed by atoms with Crippen LogP contribution < -0.4 is 31.7 Å². The molecule has 1 aliphatic carbocycles. The number of para-hydroxylation sites is 2. The molecule has 0 atom stereocenters. The van der Waals surface area contributed by atoms with Crippen LogP contribution in [0.15, 0.2) is 72.8 Å². The smallest absolute Gasteiger partial charge is 0.255 e. The van der Waals surface area contributed by atoms with Crippen LogP contribution in [0.5, 0.6) is 5.75 Å². The Morgan fingerprint density at radius 2 is 1.64 bits per heavy atom. The van der Waals surface area contributed by atoms with Crippen LogP contribution in [0.3, 0.4) is 0 Å². The van der Waals surface area contributed by atoms with Crippen molar-refractivity contribution in [2.45, 2.75) is 31.8 Å². The maximum Gasteiger partial charge on any atom is 0.255 e. The third-order valence-corrected chi connectivity index (χ3v) is 6.25. The highest BCUT2D eigenvalue weighted by molar-refractivity contribution is 6.05. The average Bonchev–Trinajstić information content (AvgIpc) is 3.77. The molecule has 4 aromatic rings. The van der Waals surface area contributed by atoms with E-state index in [2.05, 4.69) is 42.3 Å². The summed E-state index contributed by atoms with van der Waals surface area (Å²) in [6.07, 6.45) is 3.03. The number of anilines is 5. The summed E-state index contributed by atoms with van der Waals surface area (Å²) in [5.74, 6) is 2.14. The zero-order valence-corrected chi connectivity index (χ0v) is 21.8. The third kappa shape index (κ3) is 7.35. The molecule has 0 spiro atoms. The summed E-state index contributed by atoms with van der Waals surface area (Å²) in [7, 11) is 1.67. The van der Waals surface area contributed by atoms with Crippen LogP contribution in [0.25, 0.3) is 0 Å². The molecular weight excluding hydrogens is 492 g/mol. The van der Waals surface area contributed by atoms with Crippen LogP contribution in [0.4, 0.5) is 29.2 Å². The van der Waals surface area contributed by atoms with Gasteiger partial charge in [0.15, 0.2) is 0 Å². The molecule has 0 radical (unpaired) electrons. The van der Waals surface area contributed by atoms with Crippen molar-refractivity contribution in [3.8, 4) is 5.75 Å². The zero-order valence-electron chi connectivity index (χ0n) is 21.8. The molecule has 0 unspecified atom stereocenters. The first-order valence-electron chi connectivity index (χ1n) is 12.9. The van der Waals surface area contributed by atoms with Crippen LogP contribution in [-0.4, -0.2) is 40.6 Å². The molecule has 1 heterocycles. The quantitative estimate of drug-likeness (QED) is 0.169. The van der Waals surface area contributed by atoms with Gasteiger partial charge in [0.2, 0.25) is 17.8 Å². The van der Waals surface area contributed by atoms with Crippen molar-refractivity contribution < 1.29 is 9.53 Å². The zero-order chi connectivity index (χ0) is 27.0. The van der Waals surface area contributed by atoms with Crippen molar-refractivity contribution in [3.63, 3.8) is 0 Å². The third-order valence-electron chi connectivity index (χ3n) is 6.25. The molecule has 39 heavy (non-hydrogen) atoms. The minimum atomic E-state index is -0.217. The molecule has 6 N–H and O–H groups in total. The van der Waals surface area contributed by atoms with Crippen LogP contribution in [0.1, 0.15) is 34.3 Å². The molecule has 1 amide bonds. The van der Waals surface area contributed by atoms with Crippen LogP contribution in [0.2, 0.25) is 0 Å². The molecule has 10 heteroatoms. The number of methoxy groups -OCH3 is 1. The summed E-state index contributed by atoms with van der Waals surface area (Å²) in [6, 6.07) is 22.9. The molecule has 1 aromatic heterocycles. The van der Waals surface area contributed by atoms with Gasteiger partial charge in [0, 0.05) is 24.7 Å². The normalized spacial score (nSPS) is 12.4. The Morgan fingerprint density at radius 3 is 2.38 bits per heavy atom. The molecule has 3 aromatic carbocycles. The number of rotatable bonds is 12. The van der Waals surface area contributed by atoms with Crippen molar-refractivity contribution in [2.75, 3.05) is 40.7 Å². The van der Waals surface area contributed by atoms with E-state index in [1.807, 2.05) is 42.5 Å². The lowest BCUT2D eigenvalue weighted by atomic mass is 10.1. The molecule has 0 saturated heterocycles. The number of nitrogens with zero attached hydrogens (tertiary/aromatic N) is 3. The van der Waals surface area contributed by atoms with Crippen molar-refractivity contribution in [3.05, 3.63) is 89.5 Å². The highest BCUT2D eigenvalue weighted by atomic mass is 16.5. The minimum Gasteiger partial charge on any atom is -0.497 e. The van der Waals surface area contributed by atoms with E-state index < -0.39 is 0 Å². The number of nitrogen functional groups attached to an aromatic ring is 1. The highest BCUT2D eigenvalue weighted by Gasteiger charge is 2.22. The van der Waals surface area contributed by atoms with E-state index in [0.717, 1.165) is 36.1 Å². The van der Waals surface area contributed by atoms with Gasteiger partial charge in [-0.05, 0) is 66.8 Å².